The van der Waals surface area contributed by atoms with Crippen LogP contribution in [0.5, 0.6) is 0 Å². The van der Waals surface area contributed by atoms with Crippen LogP contribution in [0, 0.1) is 0 Å². The zero-order chi connectivity index (χ0) is 33.6. The minimum Gasteiger partial charge on any atom is -0.463 e. The number of esters is 2. The van der Waals surface area contributed by atoms with Crippen LogP contribution in [-0.2, 0) is 19.1 Å². The van der Waals surface area contributed by atoms with Gasteiger partial charge in [0.2, 0.25) is 0 Å². The summed E-state index contributed by atoms with van der Waals surface area (Å²) in [4.78, 5) is 23.9. The molecule has 0 amide bonds. The van der Waals surface area contributed by atoms with Crippen molar-refractivity contribution in [2.75, 3.05) is 13.2 Å². The SMILES string of the molecule is CCCCCCCC/C=C\CCCCCCCC(=O)OCC(O)COC(=O)CCCCCCCCCCCCCCCCCCC. The Morgan fingerprint density at radius 2 is 0.696 bits per heavy atom. The number of hydrogen-bond donors (Lipinski definition) is 1. The third-order valence-corrected chi connectivity index (χ3v) is 9.00. The van der Waals surface area contributed by atoms with Gasteiger partial charge in [-0.1, -0.05) is 180 Å². The summed E-state index contributed by atoms with van der Waals surface area (Å²) in [5.41, 5.74) is 0. The van der Waals surface area contributed by atoms with E-state index in [4.69, 9.17) is 9.47 Å². The summed E-state index contributed by atoms with van der Waals surface area (Å²) in [6.45, 7) is 4.31. The maximum absolute atomic E-state index is 12.0. The van der Waals surface area contributed by atoms with Crippen molar-refractivity contribution in [3.63, 3.8) is 0 Å². The quantitative estimate of drug-likeness (QED) is 0.0411. The van der Waals surface area contributed by atoms with Crippen molar-refractivity contribution in [1.82, 2.24) is 0 Å². The molecule has 0 aliphatic rings. The largest absolute Gasteiger partial charge is 0.463 e. The molecule has 0 aromatic heterocycles. The average Bonchev–Trinajstić information content (AvgIpc) is 3.06. The molecular formula is C41H78O5. The summed E-state index contributed by atoms with van der Waals surface area (Å²) in [5.74, 6) is -0.564. The van der Waals surface area contributed by atoms with Crippen LogP contribution in [0.25, 0.3) is 0 Å². The Balaban J connectivity index is 3.40. The highest BCUT2D eigenvalue weighted by Gasteiger charge is 2.12. The number of rotatable bonds is 37. The Morgan fingerprint density at radius 1 is 0.435 bits per heavy atom. The molecule has 0 heterocycles. The van der Waals surface area contributed by atoms with Gasteiger partial charge in [0.15, 0.2) is 0 Å². The zero-order valence-corrected chi connectivity index (χ0v) is 30.9. The molecule has 1 unspecified atom stereocenters. The monoisotopic (exact) mass is 651 g/mol. The first-order chi connectivity index (χ1) is 22.6. The first-order valence-electron chi connectivity index (χ1n) is 20.2. The fraction of sp³-hybridized carbons (Fsp3) is 0.902. The molecule has 0 saturated carbocycles. The van der Waals surface area contributed by atoms with Gasteiger partial charge < -0.3 is 14.6 Å². The second-order valence-electron chi connectivity index (χ2n) is 13.8. The Hall–Kier alpha value is -1.36. The standard InChI is InChI=1S/C41H78O5/c1-3-5-7-9-11-13-15-17-19-20-22-24-26-28-30-32-34-36-41(44)46-38-39(42)37-45-40(43)35-33-31-29-27-25-23-21-18-16-14-12-10-8-6-4-2/h18,21,39,42H,3-17,19-20,22-38H2,1-2H3/b21-18-. The van der Waals surface area contributed by atoms with E-state index in [2.05, 4.69) is 26.0 Å². The van der Waals surface area contributed by atoms with Crippen LogP contribution in [0.1, 0.15) is 219 Å². The lowest BCUT2D eigenvalue weighted by Crippen LogP contribution is -2.25. The highest BCUT2D eigenvalue weighted by molar-refractivity contribution is 5.69. The van der Waals surface area contributed by atoms with Gasteiger partial charge in [-0.25, -0.2) is 0 Å². The number of ether oxygens (including phenoxy) is 2. The topological polar surface area (TPSA) is 72.8 Å². The molecule has 0 fully saturated rings. The van der Waals surface area contributed by atoms with Gasteiger partial charge in [0.1, 0.15) is 19.3 Å². The van der Waals surface area contributed by atoms with Crippen molar-refractivity contribution in [2.24, 2.45) is 0 Å². The lowest BCUT2D eigenvalue weighted by molar-refractivity contribution is -0.152. The third-order valence-electron chi connectivity index (χ3n) is 9.00. The molecule has 46 heavy (non-hydrogen) atoms. The molecule has 0 spiro atoms. The molecular weight excluding hydrogens is 572 g/mol. The fourth-order valence-electron chi connectivity index (χ4n) is 5.91. The van der Waals surface area contributed by atoms with Crippen LogP contribution in [0.15, 0.2) is 12.2 Å². The first kappa shape index (κ1) is 44.6. The third kappa shape index (κ3) is 37.1. The molecule has 0 aromatic carbocycles. The molecule has 0 rings (SSSR count). The summed E-state index contributed by atoms with van der Waals surface area (Å²) < 4.78 is 10.3. The van der Waals surface area contributed by atoms with Gasteiger partial charge in [-0.3, -0.25) is 9.59 Å². The van der Waals surface area contributed by atoms with Crippen molar-refractivity contribution in [3.8, 4) is 0 Å². The molecule has 272 valence electrons. The van der Waals surface area contributed by atoms with Gasteiger partial charge in [0.25, 0.3) is 0 Å². The summed E-state index contributed by atoms with van der Waals surface area (Å²) in [5, 5.41) is 10.0. The second-order valence-corrected chi connectivity index (χ2v) is 13.8. The summed E-state index contributed by atoms with van der Waals surface area (Å²) in [7, 11) is 0. The Bertz CT molecular complexity index is 661. The van der Waals surface area contributed by atoms with Gasteiger partial charge in [-0.15, -0.1) is 0 Å². The van der Waals surface area contributed by atoms with E-state index in [1.54, 1.807) is 0 Å². The molecule has 0 bridgehead atoms. The predicted octanol–water partition coefficient (Wildman–Crippen LogP) is 12.5. The lowest BCUT2D eigenvalue weighted by Gasteiger charge is -2.12. The lowest BCUT2D eigenvalue weighted by atomic mass is 10.0. The zero-order valence-electron chi connectivity index (χ0n) is 30.9. The van der Waals surface area contributed by atoms with Crippen LogP contribution in [0.3, 0.4) is 0 Å². The number of carbonyl (C=O) groups excluding carboxylic acids is 2. The van der Waals surface area contributed by atoms with Crippen LogP contribution < -0.4 is 0 Å². The van der Waals surface area contributed by atoms with Crippen molar-refractivity contribution in [1.29, 1.82) is 0 Å². The van der Waals surface area contributed by atoms with E-state index in [0.717, 1.165) is 38.5 Å². The Kier molecular flexibility index (Phi) is 37.0. The first-order valence-corrected chi connectivity index (χ1v) is 20.2. The highest BCUT2D eigenvalue weighted by Crippen LogP contribution is 2.15. The maximum Gasteiger partial charge on any atom is 0.305 e. The molecule has 0 aliphatic heterocycles. The number of aliphatic hydroxyl groups is 1. The van der Waals surface area contributed by atoms with Crippen LogP contribution in [0.4, 0.5) is 0 Å². The fourth-order valence-corrected chi connectivity index (χ4v) is 5.91. The van der Waals surface area contributed by atoms with Gasteiger partial charge in [-0.05, 0) is 38.5 Å². The van der Waals surface area contributed by atoms with E-state index in [1.165, 1.54) is 154 Å². The van der Waals surface area contributed by atoms with Gasteiger partial charge in [-0.2, -0.15) is 0 Å². The molecule has 5 heteroatoms. The normalized spacial score (nSPS) is 12.2. The minimum absolute atomic E-state index is 0.113. The number of hydrogen-bond acceptors (Lipinski definition) is 5. The molecule has 0 radical (unpaired) electrons. The van der Waals surface area contributed by atoms with Crippen LogP contribution >= 0.6 is 0 Å². The van der Waals surface area contributed by atoms with Gasteiger partial charge in [0.05, 0.1) is 0 Å². The number of aliphatic hydroxyl groups excluding tert-OH is 1. The Morgan fingerprint density at radius 3 is 1.00 bits per heavy atom. The maximum atomic E-state index is 12.0. The number of carbonyl (C=O) groups is 2. The van der Waals surface area contributed by atoms with Crippen molar-refractivity contribution in [3.05, 3.63) is 12.2 Å². The molecule has 1 atom stereocenters. The Labute approximate surface area is 286 Å². The minimum atomic E-state index is -0.961. The predicted molar refractivity (Wildman–Crippen MR) is 196 cm³/mol. The molecule has 0 saturated heterocycles. The average molecular weight is 651 g/mol. The van der Waals surface area contributed by atoms with E-state index >= 15 is 0 Å². The molecule has 0 aliphatic carbocycles. The molecule has 5 nitrogen and oxygen atoms in total. The molecule has 1 N–H and O–H groups in total. The number of unbranched alkanes of at least 4 members (excludes halogenated alkanes) is 27. The van der Waals surface area contributed by atoms with Crippen molar-refractivity contribution >= 4 is 11.9 Å². The smallest absolute Gasteiger partial charge is 0.305 e. The second kappa shape index (κ2) is 38.1. The van der Waals surface area contributed by atoms with Crippen LogP contribution in [0.2, 0.25) is 0 Å². The van der Waals surface area contributed by atoms with Crippen molar-refractivity contribution < 1.29 is 24.2 Å². The van der Waals surface area contributed by atoms with Gasteiger partial charge in [0, 0.05) is 12.8 Å². The van der Waals surface area contributed by atoms with E-state index in [1.807, 2.05) is 0 Å². The van der Waals surface area contributed by atoms with Crippen molar-refractivity contribution in [2.45, 2.75) is 225 Å². The highest BCUT2D eigenvalue weighted by atomic mass is 16.6. The summed E-state index contributed by atoms with van der Waals surface area (Å²) in [6.07, 6.45) is 42.7. The number of allylic oxidation sites excluding steroid dienone is 2. The summed E-state index contributed by atoms with van der Waals surface area (Å²) in [6, 6.07) is 0. The van der Waals surface area contributed by atoms with E-state index in [0.29, 0.717) is 12.8 Å². The van der Waals surface area contributed by atoms with E-state index in [9.17, 15) is 14.7 Å². The van der Waals surface area contributed by atoms with E-state index in [-0.39, 0.29) is 25.2 Å². The van der Waals surface area contributed by atoms with E-state index < -0.39 is 6.10 Å². The molecule has 0 aromatic rings. The van der Waals surface area contributed by atoms with Gasteiger partial charge >= 0.3 is 11.9 Å². The summed E-state index contributed by atoms with van der Waals surface area (Å²) >= 11 is 0. The van der Waals surface area contributed by atoms with Crippen LogP contribution in [-0.4, -0.2) is 36.4 Å².